The van der Waals surface area contributed by atoms with Crippen molar-refractivity contribution < 1.29 is 19.2 Å². The van der Waals surface area contributed by atoms with Gasteiger partial charge in [0, 0.05) is 29.8 Å². The highest BCUT2D eigenvalue weighted by molar-refractivity contribution is 5.95. The Hall–Kier alpha value is -3.12. The Balaban J connectivity index is 1.32. The highest BCUT2D eigenvalue weighted by Gasteiger charge is 2.32. The zero-order chi connectivity index (χ0) is 26.6. The van der Waals surface area contributed by atoms with Crippen LogP contribution in [0.15, 0.2) is 53.1 Å². The van der Waals surface area contributed by atoms with Crippen molar-refractivity contribution in [3.05, 3.63) is 65.4 Å². The summed E-state index contributed by atoms with van der Waals surface area (Å²) in [6.45, 7) is 4.74. The summed E-state index contributed by atoms with van der Waals surface area (Å²) in [4.78, 5) is 15.9. The zero-order valence-electron chi connectivity index (χ0n) is 22.9. The van der Waals surface area contributed by atoms with E-state index in [-0.39, 0.29) is 17.9 Å². The summed E-state index contributed by atoms with van der Waals surface area (Å²) in [7, 11) is 1.72. The Morgan fingerprint density at radius 2 is 1.76 bits per heavy atom. The summed E-state index contributed by atoms with van der Waals surface area (Å²) in [5.74, 6) is 2.82. The number of ether oxygens (including phenoxy) is 1. The minimum Gasteiger partial charge on any atom is -0.496 e. The predicted octanol–water partition coefficient (Wildman–Crippen LogP) is 6.83. The zero-order valence-corrected chi connectivity index (χ0v) is 22.9. The topological polar surface area (TPSA) is 75.8 Å². The lowest BCUT2D eigenvalue weighted by atomic mass is 9.78. The third-order valence-electron chi connectivity index (χ3n) is 8.56. The average Bonchev–Trinajstić information content (AvgIpc) is 3.38. The van der Waals surface area contributed by atoms with Gasteiger partial charge in [-0.1, -0.05) is 29.4 Å². The lowest BCUT2D eigenvalue weighted by Gasteiger charge is -2.36. The van der Waals surface area contributed by atoms with E-state index in [0.29, 0.717) is 30.4 Å². The van der Waals surface area contributed by atoms with Gasteiger partial charge in [0.1, 0.15) is 5.75 Å². The number of carbonyl (C=O) groups is 1. The van der Waals surface area contributed by atoms with Crippen LogP contribution in [-0.2, 0) is 4.79 Å². The molecule has 1 heterocycles. The van der Waals surface area contributed by atoms with Crippen LogP contribution in [0, 0.1) is 25.7 Å². The Morgan fingerprint density at radius 3 is 2.42 bits per heavy atom. The van der Waals surface area contributed by atoms with Gasteiger partial charge in [0.15, 0.2) is 5.76 Å². The molecule has 5 rings (SSSR count). The van der Waals surface area contributed by atoms with Gasteiger partial charge in [0.25, 0.3) is 0 Å². The molecule has 2 aromatic carbocycles. The Bertz CT molecular complexity index is 1240. The van der Waals surface area contributed by atoms with E-state index in [2.05, 4.69) is 36.3 Å². The normalized spacial score (nSPS) is 23.7. The largest absolute Gasteiger partial charge is 0.496 e. The van der Waals surface area contributed by atoms with Gasteiger partial charge in [-0.25, -0.2) is 0 Å². The number of methoxy groups -OCH3 is 1. The van der Waals surface area contributed by atoms with Crippen molar-refractivity contribution in [1.29, 1.82) is 0 Å². The summed E-state index contributed by atoms with van der Waals surface area (Å²) in [5, 5.41) is 14.0. The molecule has 0 spiro atoms. The van der Waals surface area contributed by atoms with Gasteiger partial charge in [0.05, 0.1) is 18.9 Å². The number of aliphatic hydroxyl groups excluding tert-OH is 1. The number of anilines is 1. The molecule has 38 heavy (non-hydrogen) atoms. The van der Waals surface area contributed by atoms with E-state index in [1.54, 1.807) is 7.11 Å². The van der Waals surface area contributed by atoms with E-state index in [4.69, 9.17) is 9.26 Å². The fourth-order valence-electron chi connectivity index (χ4n) is 6.28. The van der Waals surface area contributed by atoms with Crippen molar-refractivity contribution in [3.8, 4) is 17.1 Å². The molecule has 1 aromatic heterocycles. The lowest BCUT2D eigenvalue weighted by Crippen LogP contribution is -2.41. The number of rotatable bonds is 7. The van der Waals surface area contributed by atoms with Gasteiger partial charge in [-0.3, -0.25) is 4.79 Å². The van der Waals surface area contributed by atoms with Crippen molar-refractivity contribution in [2.45, 2.75) is 77.2 Å². The van der Waals surface area contributed by atoms with Gasteiger partial charge in [-0.15, -0.1) is 0 Å². The number of benzene rings is 2. The van der Waals surface area contributed by atoms with Crippen LogP contribution in [0.4, 0.5) is 5.69 Å². The number of aromatic nitrogens is 1. The maximum Gasteiger partial charge on any atom is 0.230 e. The van der Waals surface area contributed by atoms with Gasteiger partial charge < -0.3 is 19.3 Å². The summed E-state index contributed by atoms with van der Waals surface area (Å²) in [5.41, 5.74) is 5.26. The molecule has 2 saturated carbocycles. The quantitative estimate of drug-likeness (QED) is 0.373. The fourth-order valence-corrected chi connectivity index (χ4v) is 6.28. The van der Waals surface area contributed by atoms with Crippen molar-refractivity contribution >= 4 is 11.6 Å². The van der Waals surface area contributed by atoms with Gasteiger partial charge in [-0.2, -0.15) is 0 Å². The smallest absolute Gasteiger partial charge is 0.230 e. The molecule has 0 unspecified atom stereocenters. The van der Waals surface area contributed by atoms with Crippen LogP contribution in [0.3, 0.4) is 0 Å². The molecule has 2 fully saturated rings. The number of hydrogen-bond donors (Lipinski definition) is 1. The molecule has 1 amide bonds. The van der Waals surface area contributed by atoms with Crippen molar-refractivity contribution in [3.63, 3.8) is 0 Å². The van der Waals surface area contributed by atoms with Crippen LogP contribution in [0.2, 0.25) is 0 Å². The molecule has 2 aliphatic carbocycles. The summed E-state index contributed by atoms with van der Waals surface area (Å²) in [6.07, 6.45) is 7.09. The Kier molecular flexibility index (Phi) is 8.18. The molecule has 202 valence electrons. The SMILES string of the molecule is COc1ccc(C2CCC(CN(C(=O)C3CCC(O)CC3)c3cccc(-c4cc(C)no4)c3)CC2)cc1C. The first-order chi connectivity index (χ1) is 18.4. The summed E-state index contributed by atoms with van der Waals surface area (Å²) >= 11 is 0. The molecule has 0 saturated heterocycles. The van der Waals surface area contributed by atoms with Crippen LogP contribution >= 0.6 is 0 Å². The minimum atomic E-state index is -0.276. The lowest BCUT2D eigenvalue weighted by molar-refractivity contribution is -0.124. The second kappa shape index (κ2) is 11.7. The number of carbonyl (C=O) groups excluding carboxylic acids is 1. The molecule has 0 bridgehead atoms. The third-order valence-corrected chi connectivity index (χ3v) is 8.56. The van der Waals surface area contributed by atoms with Crippen LogP contribution in [0.1, 0.15) is 74.1 Å². The molecule has 2 aliphatic rings. The maximum atomic E-state index is 13.9. The number of nitrogens with zero attached hydrogens (tertiary/aromatic N) is 2. The predicted molar refractivity (Wildman–Crippen MR) is 149 cm³/mol. The molecule has 6 heteroatoms. The second-order valence-electron chi connectivity index (χ2n) is 11.3. The van der Waals surface area contributed by atoms with Crippen LogP contribution in [-0.4, -0.2) is 35.9 Å². The van der Waals surface area contributed by atoms with Crippen LogP contribution in [0.5, 0.6) is 5.75 Å². The second-order valence-corrected chi connectivity index (χ2v) is 11.3. The number of aliphatic hydroxyl groups is 1. The maximum absolute atomic E-state index is 13.9. The highest BCUT2D eigenvalue weighted by atomic mass is 16.5. The van der Waals surface area contributed by atoms with Gasteiger partial charge >= 0.3 is 0 Å². The molecule has 0 aliphatic heterocycles. The van der Waals surface area contributed by atoms with E-state index in [0.717, 1.165) is 67.8 Å². The number of hydrogen-bond acceptors (Lipinski definition) is 5. The monoisotopic (exact) mass is 516 g/mol. The van der Waals surface area contributed by atoms with E-state index in [1.165, 1.54) is 11.1 Å². The fraction of sp³-hybridized carbons (Fsp3) is 0.500. The minimum absolute atomic E-state index is 0.0341. The molecule has 1 N–H and O–H groups in total. The van der Waals surface area contributed by atoms with E-state index in [1.807, 2.05) is 36.1 Å². The average molecular weight is 517 g/mol. The first-order valence-corrected chi connectivity index (χ1v) is 14.1. The van der Waals surface area contributed by atoms with Crippen molar-refractivity contribution in [2.75, 3.05) is 18.6 Å². The highest BCUT2D eigenvalue weighted by Crippen LogP contribution is 2.39. The van der Waals surface area contributed by atoms with Crippen molar-refractivity contribution in [1.82, 2.24) is 5.16 Å². The molecule has 6 nitrogen and oxygen atoms in total. The van der Waals surface area contributed by atoms with E-state index >= 15 is 0 Å². The molecular weight excluding hydrogens is 476 g/mol. The van der Waals surface area contributed by atoms with E-state index < -0.39 is 0 Å². The first-order valence-electron chi connectivity index (χ1n) is 14.1. The molecular formula is C32H40N2O4. The van der Waals surface area contributed by atoms with E-state index in [9.17, 15) is 9.90 Å². The molecule has 3 aromatic rings. The van der Waals surface area contributed by atoms with Gasteiger partial charge in [0.2, 0.25) is 5.91 Å². The first kappa shape index (κ1) is 26.5. The summed E-state index contributed by atoms with van der Waals surface area (Å²) < 4.78 is 11.0. The molecule has 0 atom stereocenters. The number of amides is 1. The van der Waals surface area contributed by atoms with Crippen molar-refractivity contribution in [2.24, 2.45) is 11.8 Å². The van der Waals surface area contributed by atoms with Crippen LogP contribution in [0.25, 0.3) is 11.3 Å². The summed E-state index contributed by atoms with van der Waals surface area (Å²) in [6, 6.07) is 16.6. The Labute approximate surface area is 226 Å². The number of aryl methyl sites for hydroxylation is 2. The van der Waals surface area contributed by atoms with Crippen LogP contribution < -0.4 is 9.64 Å². The third kappa shape index (κ3) is 5.96. The Morgan fingerprint density at radius 1 is 1.00 bits per heavy atom. The van der Waals surface area contributed by atoms with Gasteiger partial charge in [-0.05, 0) is 106 Å². The molecule has 0 radical (unpaired) electrons. The standard InChI is InChI=1S/C32H40N2O4/c1-21-17-26(13-16-30(21)37-3)24-9-7-23(8-10-24)20-34(32(36)25-11-14-29(35)15-12-25)28-6-4-5-27(19-28)31-18-22(2)33-38-31/h4-6,13,16-19,23-25,29,35H,7-12,14-15,20H2,1-3H3.